The number of amides is 1. The van der Waals surface area contributed by atoms with Crippen molar-refractivity contribution in [2.24, 2.45) is 22.2 Å². The Morgan fingerprint density at radius 3 is 2.60 bits per heavy atom. The second-order valence-corrected chi connectivity index (χ2v) is 6.38. The number of nitrogens with zero attached hydrogens (tertiary/aromatic N) is 2. The highest BCUT2D eigenvalue weighted by Gasteiger charge is 2.52. The number of rotatable bonds is 5. The van der Waals surface area contributed by atoms with E-state index in [-0.39, 0.29) is 11.7 Å². The fraction of sp³-hybridized carbons (Fsp3) is 0.857. The molecule has 4 N–H and O–H groups in total. The average molecular weight is 282 g/mol. The molecule has 2 rings (SSSR count). The fourth-order valence-corrected chi connectivity index (χ4v) is 3.46. The first-order chi connectivity index (χ1) is 9.49. The summed E-state index contributed by atoms with van der Waals surface area (Å²) in [7, 11) is 0. The molecule has 1 atom stereocenters. The van der Waals surface area contributed by atoms with Gasteiger partial charge in [0.2, 0.25) is 5.91 Å². The molecule has 1 amide bonds. The van der Waals surface area contributed by atoms with Gasteiger partial charge in [-0.1, -0.05) is 12.1 Å². The highest BCUT2D eigenvalue weighted by atomic mass is 16.4. The number of amidine groups is 1. The van der Waals surface area contributed by atoms with Crippen molar-refractivity contribution in [1.29, 1.82) is 0 Å². The first-order valence-electron chi connectivity index (χ1n) is 7.50. The third-order valence-electron chi connectivity index (χ3n) is 4.75. The van der Waals surface area contributed by atoms with Crippen LogP contribution >= 0.6 is 0 Å². The Bertz CT molecular complexity index is 385. The van der Waals surface area contributed by atoms with Crippen LogP contribution in [0.2, 0.25) is 0 Å². The fourth-order valence-electron chi connectivity index (χ4n) is 3.46. The third-order valence-corrected chi connectivity index (χ3v) is 4.75. The van der Waals surface area contributed by atoms with Gasteiger partial charge in [-0.15, -0.1) is 0 Å². The standard InChI is InChI=1S/C14H26N4O2/c1-10-7-14(8-10,12(15)17-20)13(19)16-9-11(2)18-5-3-4-6-18/h10-11,20H,3-9H2,1-2H3,(H2,15,17)(H,16,19). The number of nitrogens with two attached hydrogens (primary N) is 1. The monoisotopic (exact) mass is 282 g/mol. The van der Waals surface area contributed by atoms with Gasteiger partial charge in [0.1, 0.15) is 5.41 Å². The molecule has 1 heterocycles. The highest BCUT2D eigenvalue weighted by Crippen LogP contribution is 2.45. The van der Waals surface area contributed by atoms with E-state index >= 15 is 0 Å². The molecule has 2 aliphatic rings. The van der Waals surface area contributed by atoms with Gasteiger partial charge in [-0.2, -0.15) is 0 Å². The number of carbonyl (C=O) groups excluding carboxylic acids is 1. The summed E-state index contributed by atoms with van der Waals surface area (Å²) < 4.78 is 0. The molecule has 0 aromatic carbocycles. The first-order valence-corrected chi connectivity index (χ1v) is 7.50. The van der Waals surface area contributed by atoms with Gasteiger partial charge in [0, 0.05) is 12.6 Å². The van der Waals surface area contributed by atoms with E-state index in [9.17, 15) is 4.79 Å². The summed E-state index contributed by atoms with van der Waals surface area (Å²) in [5.41, 5.74) is 4.94. The van der Waals surface area contributed by atoms with E-state index in [2.05, 4.69) is 29.2 Å². The number of oxime groups is 1. The summed E-state index contributed by atoms with van der Waals surface area (Å²) in [6.07, 6.45) is 3.80. The zero-order chi connectivity index (χ0) is 14.8. The Morgan fingerprint density at radius 1 is 1.50 bits per heavy atom. The summed E-state index contributed by atoms with van der Waals surface area (Å²) >= 11 is 0. The Labute approximate surface area is 120 Å². The average Bonchev–Trinajstić information content (AvgIpc) is 2.93. The third kappa shape index (κ3) is 2.75. The minimum atomic E-state index is -0.793. The van der Waals surface area contributed by atoms with E-state index in [1.165, 1.54) is 12.8 Å². The number of hydrogen-bond donors (Lipinski definition) is 3. The van der Waals surface area contributed by atoms with E-state index in [1.807, 2.05) is 0 Å². The molecule has 0 aromatic heterocycles. The second kappa shape index (κ2) is 5.99. The minimum absolute atomic E-state index is 0.0434. The molecule has 0 radical (unpaired) electrons. The van der Waals surface area contributed by atoms with Crippen LogP contribution in [0, 0.1) is 11.3 Å². The maximum Gasteiger partial charge on any atom is 0.234 e. The van der Waals surface area contributed by atoms with Crippen molar-refractivity contribution >= 4 is 11.7 Å². The van der Waals surface area contributed by atoms with Crippen molar-refractivity contribution in [3.8, 4) is 0 Å². The van der Waals surface area contributed by atoms with Gasteiger partial charge in [-0.3, -0.25) is 9.69 Å². The molecule has 0 aromatic rings. The maximum absolute atomic E-state index is 12.4. The van der Waals surface area contributed by atoms with Crippen molar-refractivity contribution < 1.29 is 10.0 Å². The summed E-state index contributed by atoms with van der Waals surface area (Å²) in [4.78, 5) is 14.8. The lowest BCUT2D eigenvalue weighted by atomic mass is 9.61. The van der Waals surface area contributed by atoms with Crippen molar-refractivity contribution in [2.45, 2.75) is 45.6 Å². The molecule has 0 spiro atoms. The second-order valence-electron chi connectivity index (χ2n) is 6.38. The van der Waals surface area contributed by atoms with Crippen LogP contribution in [0.4, 0.5) is 0 Å². The Morgan fingerprint density at radius 2 is 2.10 bits per heavy atom. The maximum atomic E-state index is 12.4. The summed E-state index contributed by atoms with van der Waals surface area (Å²) in [6.45, 7) is 7.04. The van der Waals surface area contributed by atoms with Crippen LogP contribution in [0.5, 0.6) is 0 Å². The Hall–Kier alpha value is -1.30. The number of likely N-dealkylation sites (tertiary alicyclic amines) is 1. The lowest BCUT2D eigenvalue weighted by Crippen LogP contribution is -2.58. The molecule has 1 saturated carbocycles. The predicted molar refractivity (Wildman–Crippen MR) is 77.5 cm³/mol. The van der Waals surface area contributed by atoms with E-state index in [0.717, 1.165) is 13.1 Å². The molecular weight excluding hydrogens is 256 g/mol. The molecule has 1 aliphatic carbocycles. The number of hydrogen-bond acceptors (Lipinski definition) is 4. The van der Waals surface area contributed by atoms with Crippen molar-refractivity contribution in [1.82, 2.24) is 10.2 Å². The van der Waals surface area contributed by atoms with Crippen LogP contribution < -0.4 is 11.1 Å². The lowest BCUT2D eigenvalue weighted by molar-refractivity contribution is -0.133. The molecule has 1 saturated heterocycles. The zero-order valence-electron chi connectivity index (χ0n) is 12.4. The summed E-state index contributed by atoms with van der Waals surface area (Å²) in [5.74, 6) is 0.385. The summed E-state index contributed by atoms with van der Waals surface area (Å²) in [5, 5.41) is 14.9. The summed E-state index contributed by atoms with van der Waals surface area (Å²) in [6, 6.07) is 0.336. The first kappa shape index (κ1) is 15.1. The molecule has 1 aliphatic heterocycles. The van der Waals surface area contributed by atoms with Crippen LogP contribution in [0.1, 0.15) is 39.5 Å². The normalized spacial score (nSPS) is 32.7. The van der Waals surface area contributed by atoms with Crippen molar-refractivity contribution in [2.75, 3.05) is 19.6 Å². The predicted octanol–water partition coefficient (Wildman–Crippen LogP) is 0.750. The number of nitrogens with one attached hydrogen (secondary N) is 1. The van der Waals surface area contributed by atoms with Gasteiger partial charge in [-0.25, -0.2) is 0 Å². The van der Waals surface area contributed by atoms with Crippen LogP contribution in [-0.4, -0.2) is 47.5 Å². The zero-order valence-corrected chi connectivity index (χ0v) is 12.4. The van der Waals surface area contributed by atoms with E-state index in [0.29, 0.717) is 31.3 Å². The SMILES string of the molecule is CC1CC(C(=O)NCC(C)N2CCCC2)(C(N)=NO)C1. The molecule has 1 unspecified atom stereocenters. The van der Waals surface area contributed by atoms with E-state index in [4.69, 9.17) is 10.9 Å². The Kier molecular flexibility index (Phi) is 4.52. The highest BCUT2D eigenvalue weighted by molar-refractivity contribution is 6.07. The lowest BCUT2D eigenvalue weighted by Gasteiger charge is -2.44. The Balaban J connectivity index is 1.89. The number of carbonyl (C=O) groups is 1. The van der Waals surface area contributed by atoms with Crippen LogP contribution in [0.25, 0.3) is 0 Å². The van der Waals surface area contributed by atoms with Crippen molar-refractivity contribution in [3.63, 3.8) is 0 Å². The van der Waals surface area contributed by atoms with Gasteiger partial charge in [0.15, 0.2) is 5.84 Å². The van der Waals surface area contributed by atoms with Crippen molar-refractivity contribution in [3.05, 3.63) is 0 Å². The van der Waals surface area contributed by atoms with Gasteiger partial charge in [0.05, 0.1) is 0 Å². The largest absolute Gasteiger partial charge is 0.409 e. The van der Waals surface area contributed by atoms with Crippen LogP contribution in [0.3, 0.4) is 0 Å². The molecule has 2 fully saturated rings. The van der Waals surface area contributed by atoms with E-state index in [1.54, 1.807) is 0 Å². The molecule has 114 valence electrons. The molecule has 6 heteroatoms. The van der Waals surface area contributed by atoms with Crippen LogP contribution in [-0.2, 0) is 4.79 Å². The van der Waals surface area contributed by atoms with Crippen LogP contribution in [0.15, 0.2) is 5.16 Å². The van der Waals surface area contributed by atoms with Gasteiger partial charge in [0.25, 0.3) is 0 Å². The van der Waals surface area contributed by atoms with Gasteiger partial charge in [-0.05, 0) is 51.6 Å². The topological polar surface area (TPSA) is 91.0 Å². The molecule has 20 heavy (non-hydrogen) atoms. The quantitative estimate of drug-likeness (QED) is 0.300. The molecular formula is C14H26N4O2. The van der Waals surface area contributed by atoms with Gasteiger partial charge < -0.3 is 16.3 Å². The molecule has 6 nitrogen and oxygen atoms in total. The minimum Gasteiger partial charge on any atom is -0.409 e. The van der Waals surface area contributed by atoms with E-state index < -0.39 is 5.41 Å². The molecule has 0 bridgehead atoms. The smallest absolute Gasteiger partial charge is 0.234 e. The van der Waals surface area contributed by atoms with Gasteiger partial charge >= 0.3 is 0 Å².